The van der Waals surface area contributed by atoms with E-state index in [1.165, 1.54) is 6.07 Å². The van der Waals surface area contributed by atoms with Crippen LogP contribution in [0.15, 0.2) is 24.3 Å². The molecule has 0 bridgehead atoms. The minimum Gasteiger partial charge on any atom is -0.335 e. The van der Waals surface area contributed by atoms with Crippen LogP contribution in [0.25, 0.3) is 0 Å². The second-order valence-corrected chi connectivity index (χ2v) is 5.44. The number of rotatable bonds is 5. The summed E-state index contributed by atoms with van der Waals surface area (Å²) in [6.07, 6.45) is 2.01. The molecule has 6 nitrogen and oxygen atoms in total. The molecular formula is C14H18ClN3O3. The molecule has 114 valence electrons. The van der Waals surface area contributed by atoms with E-state index in [1.54, 1.807) is 18.2 Å². The molecule has 1 heterocycles. The van der Waals surface area contributed by atoms with Gasteiger partial charge in [-0.3, -0.25) is 14.9 Å². The summed E-state index contributed by atoms with van der Waals surface area (Å²) in [5, 5.41) is 14.1. The lowest BCUT2D eigenvalue weighted by Gasteiger charge is -2.32. The largest absolute Gasteiger partial charge is 0.335 e. The molecule has 0 radical (unpaired) electrons. The number of nitrogens with one attached hydrogen (secondary N) is 1. The Kier molecular flexibility index (Phi) is 4.80. The van der Waals surface area contributed by atoms with E-state index in [2.05, 4.69) is 5.32 Å². The van der Waals surface area contributed by atoms with Crippen LogP contribution < -0.4 is 5.32 Å². The third kappa shape index (κ3) is 3.33. The van der Waals surface area contributed by atoms with E-state index in [1.807, 2.05) is 4.90 Å². The average Bonchev–Trinajstić information content (AvgIpc) is 3.18. The molecule has 1 aliphatic carbocycles. The lowest BCUT2D eigenvalue weighted by atomic mass is 10.0. The normalized spacial score (nSPS) is 17.5. The van der Waals surface area contributed by atoms with Gasteiger partial charge >= 0.3 is 0 Å². The SMILES string of the molecule is Cl.O=C(C1CNC1)N(Cc1ccccc1[N+](=O)[O-])C1CC1. The summed E-state index contributed by atoms with van der Waals surface area (Å²) in [5.74, 6) is 0.169. The standard InChI is InChI=1S/C14H17N3O3.ClH/c18-14(11-7-15-8-11)16(12-5-6-12)9-10-3-1-2-4-13(10)17(19)20;/h1-4,11-12,15H,5-9H2;1H. The van der Waals surface area contributed by atoms with Crippen molar-refractivity contribution in [3.05, 3.63) is 39.9 Å². The Morgan fingerprint density at radius 2 is 2.00 bits per heavy atom. The molecular weight excluding hydrogens is 294 g/mol. The molecule has 1 aromatic carbocycles. The first-order valence-electron chi connectivity index (χ1n) is 6.90. The lowest BCUT2D eigenvalue weighted by Crippen LogP contribution is -2.52. The van der Waals surface area contributed by atoms with Gasteiger partial charge in [-0.15, -0.1) is 12.4 Å². The minimum atomic E-state index is -0.379. The summed E-state index contributed by atoms with van der Waals surface area (Å²) in [6.45, 7) is 1.79. The van der Waals surface area contributed by atoms with Crippen molar-refractivity contribution in [3.8, 4) is 0 Å². The molecule has 7 heteroatoms. The molecule has 0 aromatic heterocycles. The van der Waals surface area contributed by atoms with Crippen molar-refractivity contribution in [3.63, 3.8) is 0 Å². The topological polar surface area (TPSA) is 75.5 Å². The molecule has 0 unspecified atom stereocenters. The molecule has 0 spiro atoms. The monoisotopic (exact) mass is 311 g/mol. The number of nitro benzene ring substituents is 1. The maximum atomic E-state index is 12.4. The molecule has 0 atom stereocenters. The highest BCUT2D eigenvalue weighted by Gasteiger charge is 2.38. The Labute approximate surface area is 129 Å². The first-order valence-corrected chi connectivity index (χ1v) is 6.90. The van der Waals surface area contributed by atoms with Crippen LogP contribution in [-0.2, 0) is 11.3 Å². The minimum absolute atomic E-state index is 0. The summed E-state index contributed by atoms with van der Waals surface area (Å²) in [7, 11) is 0. The highest BCUT2D eigenvalue weighted by Crippen LogP contribution is 2.32. The summed E-state index contributed by atoms with van der Waals surface area (Å²) >= 11 is 0. The predicted octanol–water partition coefficient (Wildman–Crippen LogP) is 1.73. The molecule has 2 aliphatic rings. The molecule has 1 aromatic rings. The van der Waals surface area contributed by atoms with Gasteiger partial charge in [0.25, 0.3) is 5.69 Å². The van der Waals surface area contributed by atoms with Gasteiger partial charge in [0.15, 0.2) is 0 Å². The smallest absolute Gasteiger partial charge is 0.274 e. The summed E-state index contributed by atoms with van der Waals surface area (Å²) in [5.41, 5.74) is 0.711. The van der Waals surface area contributed by atoms with Gasteiger partial charge in [0, 0.05) is 30.8 Å². The van der Waals surface area contributed by atoms with Crippen molar-refractivity contribution >= 4 is 24.0 Å². The van der Waals surface area contributed by atoms with Crippen molar-refractivity contribution in [1.29, 1.82) is 0 Å². The van der Waals surface area contributed by atoms with Crippen molar-refractivity contribution in [1.82, 2.24) is 10.2 Å². The maximum Gasteiger partial charge on any atom is 0.274 e. The van der Waals surface area contributed by atoms with Crippen LogP contribution in [0, 0.1) is 16.0 Å². The van der Waals surface area contributed by atoms with Gasteiger partial charge in [0.2, 0.25) is 5.91 Å². The second kappa shape index (κ2) is 6.41. The van der Waals surface area contributed by atoms with Crippen LogP contribution in [0.1, 0.15) is 18.4 Å². The Hall–Kier alpha value is -1.66. The highest BCUT2D eigenvalue weighted by molar-refractivity contribution is 5.85. The van der Waals surface area contributed by atoms with Gasteiger partial charge in [-0.2, -0.15) is 0 Å². The number of carbonyl (C=O) groups is 1. The van der Waals surface area contributed by atoms with Crippen LogP contribution in [-0.4, -0.2) is 34.9 Å². The maximum absolute atomic E-state index is 12.4. The summed E-state index contributed by atoms with van der Waals surface area (Å²) < 4.78 is 0. The van der Waals surface area contributed by atoms with E-state index in [9.17, 15) is 14.9 Å². The quantitative estimate of drug-likeness (QED) is 0.663. The average molecular weight is 312 g/mol. The van der Waals surface area contributed by atoms with E-state index >= 15 is 0 Å². The van der Waals surface area contributed by atoms with Gasteiger partial charge in [-0.1, -0.05) is 18.2 Å². The first-order chi connectivity index (χ1) is 9.66. The fraction of sp³-hybridized carbons (Fsp3) is 0.500. The molecule has 1 N–H and O–H groups in total. The molecule has 1 saturated carbocycles. The van der Waals surface area contributed by atoms with Crippen LogP contribution in [0.5, 0.6) is 0 Å². The second-order valence-electron chi connectivity index (χ2n) is 5.44. The van der Waals surface area contributed by atoms with Gasteiger partial charge in [0.05, 0.1) is 17.4 Å². The number of nitro groups is 1. The van der Waals surface area contributed by atoms with Crippen LogP contribution in [0.4, 0.5) is 5.69 Å². The molecule has 1 saturated heterocycles. The van der Waals surface area contributed by atoms with Gasteiger partial charge in [-0.25, -0.2) is 0 Å². The number of amides is 1. The summed E-state index contributed by atoms with van der Waals surface area (Å²) in [4.78, 5) is 24.9. The van der Waals surface area contributed by atoms with Crippen molar-refractivity contribution in [2.45, 2.75) is 25.4 Å². The van der Waals surface area contributed by atoms with Crippen LogP contribution >= 0.6 is 12.4 Å². The number of halogens is 1. The predicted molar refractivity (Wildman–Crippen MR) is 80.3 cm³/mol. The van der Waals surface area contributed by atoms with Crippen LogP contribution in [0.2, 0.25) is 0 Å². The Bertz CT molecular complexity index is 544. The van der Waals surface area contributed by atoms with E-state index in [0.717, 1.165) is 25.9 Å². The number of nitrogens with zero attached hydrogens (tertiary/aromatic N) is 2. The first kappa shape index (κ1) is 15.7. The van der Waals surface area contributed by atoms with Gasteiger partial charge < -0.3 is 10.2 Å². The molecule has 2 fully saturated rings. The number of hydrogen-bond donors (Lipinski definition) is 1. The fourth-order valence-electron chi connectivity index (χ4n) is 2.48. The Morgan fingerprint density at radius 1 is 1.33 bits per heavy atom. The zero-order valence-corrected chi connectivity index (χ0v) is 12.3. The molecule has 1 amide bonds. The van der Waals surface area contributed by atoms with Crippen molar-refractivity contribution in [2.24, 2.45) is 5.92 Å². The fourth-order valence-corrected chi connectivity index (χ4v) is 2.48. The van der Waals surface area contributed by atoms with Crippen LogP contribution in [0.3, 0.4) is 0 Å². The zero-order chi connectivity index (χ0) is 14.1. The summed E-state index contributed by atoms with van der Waals surface area (Å²) in [6, 6.07) is 6.93. The Morgan fingerprint density at radius 3 is 2.52 bits per heavy atom. The number of carbonyl (C=O) groups excluding carboxylic acids is 1. The number of hydrogen-bond acceptors (Lipinski definition) is 4. The van der Waals surface area contributed by atoms with Crippen molar-refractivity contribution in [2.75, 3.05) is 13.1 Å². The highest BCUT2D eigenvalue weighted by atomic mass is 35.5. The molecule has 21 heavy (non-hydrogen) atoms. The van der Waals surface area contributed by atoms with E-state index in [-0.39, 0.29) is 40.9 Å². The van der Waals surface area contributed by atoms with E-state index < -0.39 is 0 Å². The molecule has 1 aliphatic heterocycles. The third-order valence-electron chi connectivity index (χ3n) is 3.93. The number of benzene rings is 1. The van der Waals surface area contributed by atoms with Crippen molar-refractivity contribution < 1.29 is 9.72 Å². The third-order valence-corrected chi connectivity index (χ3v) is 3.93. The van der Waals surface area contributed by atoms with Gasteiger partial charge in [-0.05, 0) is 12.8 Å². The lowest BCUT2D eigenvalue weighted by molar-refractivity contribution is -0.385. The van der Waals surface area contributed by atoms with E-state index in [4.69, 9.17) is 0 Å². The zero-order valence-electron chi connectivity index (χ0n) is 11.5. The molecule has 3 rings (SSSR count). The Balaban J connectivity index is 0.00000161. The number of para-hydroxylation sites is 1. The van der Waals surface area contributed by atoms with E-state index in [0.29, 0.717) is 12.1 Å². The van der Waals surface area contributed by atoms with Gasteiger partial charge in [0.1, 0.15) is 0 Å².